The molecule has 0 aromatic heterocycles. The lowest BCUT2D eigenvalue weighted by atomic mass is 9.88. The fourth-order valence-corrected chi connectivity index (χ4v) is 5.20. The molecule has 0 N–H and O–H groups in total. The van der Waals surface area contributed by atoms with Crippen molar-refractivity contribution in [3.05, 3.63) is 101 Å². The van der Waals surface area contributed by atoms with E-state index in [4.69, 9.17) is 4.74 Å². The Labute approximate surface area is 210 Å². The van der Waals surface area contributed by atoms with E-state index >= 15 is 0 Å². The van der Waals surface area contributed by atoms with Crippen LogP contribution in [0.15, 0.2) is 78.9 Å². The smallest absolute Gasteiger partial charge is 0.253 e. The Kier molecular flexibility index (Phi) is 8.25. The minimum atomic E-state index is 0.126. The summed E-state index contributed by atoms with van der Waals surface area (Å²) < 4.78 is 5.53. The summed E-state index contributed by atoms with van der Waals surface area (Å²) in [7, 11) is 1.72. The van der Waals surface area contributed by atoms with E-state index in [9.17, 15) is 4.79 Å². The Morgan fingerprint density at radius 1 is 1.00 bits per heavy atom. The van der Waals surface area contributed by atoms with Crippen molar-refractivity contribution in [2.45, 2.75) is 33.2 Å². The number of ether oxygens (including phenoxy) is 1. The molecule has 3 aromatic rings. The summed E-state index contributed by atoms with van der Waals surface area (Å²) in [5.74, 6) is 2.11. The van der Waals surface area contributed by atoms with E-state index in [1.54, 1.807) is 7.11 Å². The predicted molar refractivity (Wildman–Crippen MR) is 143 cm³/mol. The minimum absolute atomic E-state index is 0.126. The van der Waals surface area contributed by atoms with Gasteiger partial charge in [0.2, 0.25) is 0 Å². The summed E-state index contributed by atoms with van der Waals surface area (Å²) >= 11 is 0. The van der Waals surface area contributed by atoms with Crippen LogP contribution < -0.4 is 4.74 Å². The molecule has 0 bridgehead atoms. The third-order valence-corrected chi connectivity index (χ3v) is 6.91. The lowest BCUT2D eigenvalue weighted by Gasteiger charge is -2.30. The lowest BCUT2D eigenvalue weighted by Crippen LogP contribution is -2.39. The monoisotopic (exact) mass is 470 g/mol. The van der Waals surface area contributed by atoms with Crippen molar-refractivity contribution < 1.29 is 9.53 Å². The molecule has 4 heteroatoms. The Morgan fingerprint density at radius 2 is 1.74 bits per heavy atom. The van der Waals surface area contributed by atoms with E-state index in [1.807, 2.05) is 36.4 Å². The largest absolute Gasteiger partial charge is 0.497 e. The van der Waals surface area contributed by atoms with Crippen molar-refractivity contribution in [2.75, 3.05) is 33.3 Å². The average molecular weight is 471 g/mol. The van der Waals surface area contributed by atoms with Gasteiger partial charge in [0.25, 0.3) is 5.91 Å². The van der Waals surface area contributed by atoms with Gasteiger partial charge in [-0.05, 0) is 54.2 Å². The standard InChI is InChI=1S/C31H38N2O2/c1-23(2)18-33(31(34)26-9-6-5-7-10-26)21-28-20-32(19-25-15-13-24(3)14-16-25)22-30(28)27-11-8-12-29(17-27)35-4/h5-17,23,28,30H,18-22H2,1-4H3. The molecule has 0 saturated carbocycles. The van der Waals surface area contributed by atoms with Crippen LogP contribution in [-0.2, 0) is 6.54 Å². The highest BCUT2D eigenvalue weighted by Crippen LogP contribution is 2.36. The first kappa shape index (κ1) is 25.0. The molecule has 0 aliphatic carbocycles. The number of aryl methyl sites for hydroxylation is 1. The van der Waals surface area contributed by atoms with E-state index in [2.05, 4.69) is 73.0 Å². The summed E-state index contributed by atoms with van der Waals surface area (Å²) in [6.45, 7) is 10.9. The Bertz CT molecular complexity index is 1090. The molecule has 184 valence electrons. The highest BCUT2D eigenvalue weighted by Gasteiger charge is 2.36. The zero-order valence-corrected chi connectivity index (χ0v) is 21.5. The number of carbonyl (C=O) groups excluding carboxylic acids is 1. The summed E-state index contributed by atoms with van der Waals surface area (Å²) in [6, 6.07) is 27.0. The third kappa shape index (κ3) is 6.52. The van der Waals surface area contributed by atoms with E-state index < -0.39 is 0 Å². The van der Waals surface area contributed by atoms with Gasteiger partial charge >= 0.3 is 0 Å². The molecule has 1 aliphatic rings. The quantitative estimate of drug-likeness (QED) is 0.383. The first-order chi connectivity index (χ1) is 16.9. The second kappa shape index (κ2) is 11.5. The first-order valence-corrected chi connectivity index (χ1v) is 12.7. The summed E-state index contributed by atoms with van der Waals surface area (Å²) in [5, 5.41) is 0. The molecule has 2 atom stereocenters. The number of benzene rings is 3. The van der Waals surface area contributed by atoms with Crippen molar-refractivity contribution in [3.8, 4) is 5.75 Å². The minimum Gasteiger partial charge on any atom is -0.497 e. The zero-order valence-electron chi connectivity index (χ0n) is 21.5. The number of likely N-dealkylation sites (tertiary alicyclic amines) is 1. The van der Waals surface area contributed by atoms with Crippen LogP contribution in [0.5, 0.6) is 5.75 Å². The Morgan fingerprint density at radius 3 is 2.43 bits per heavy atom. The van der Waals surface area contributed by atoms with Gasteiger partial charge in [-0.1, -0.05) is 74.0 Å². The number of carbonyl (C=O) groups is 1. The molecule has 1 fully saturated rings. The number of hydrogen-bond donors (Lipinski definition) is 0. The maximum Gasteiger partial charge on any atom is 0.253 e. The van der Waals surface area contributed by atoms with E-state index in [-0.39, 0.29) is 5.91 Å². The van der Waals surface area contributed by atoms with Crippen molar-refractivity contribution in [1.82, 2.24) is 9.80 Å². The Balaban J connectivity index is 1.59. The highest BCUT2D eigenvalue weighted by atomic mass is 16.5. The zero-order chi connectivity index (χ0) is 24.8. The van der Waals surface area contributed by atoms with E-state index in [0.717, 1.165) is 44.0 Å². The normalized spacial score (nSPS) is 18.1. The fourth-order valence-electron chi connectivity index (χ4n) is 5.20. The number of hydrogen-bond acceptors (Lipinski definition) is 3. The number of amides is 1. The third-order valence-electron chi connectivity index (χ3n) is 6.91. The maximum absolute atomic E-state index is 13.5. The van der Waals surface area contributed by atoms with Crippen LogP contribution in [0.3, 0.4) is 0 Å². The Hall–Kier alpha value is -3.11. The van der Waals surface area contributed by atoms with Gasteiger partial charge < -0.3 is 9.64 Å². The van der Waals surface area contributed by atoms with E-state index in [1.165, 1.54) is 16.7 Å². The summed E-state index contributed by atoms with van der Waals surface area (Å²) in [6.07, 6.45) is 0. The van der Waals surface area contributed by atoms with Crippen LogP contribution in [0.25, 0.3) is 0 Å². The van der Waals surface area contributed by atoms with Crippen LogP contribution >= 0.6 is 0 Å². The molecule has 35 heavy (non-hydrogen) atoms. The van der Waals surface area contributed by atoms with Crippen molar-refractivity contribution >= 4 is 5.91 Å². The predicted octanol–water partition coefficient (Wildman–Crippen LogP) is 6.02. The molecule has 0 spiro atoms. The second-order valence-electron chi connectivity index (χ2n) is 10.3. The van der Waals surface area contributed by atoms with Gasteiger partial charge in [0.1, 0.15) is 5.75 Å². The van der Waals surface area contributed by atoms with Crippen molar-refractivity contribution in [2.24, 2.45) is 11.8 Å². The SMILES string of the molecule is COc1cccc(C2CN(Cc3ccc(C)cc3)CC2CN(CC(C)C)C(=O)c2ccccc2)c1. The highest BCUT2D eigenvalue weighted by molar-refractivity contribution is 5.94. The van der Waals surface area contributed by atoms with Crippen molar-refractivity contribution in [1.29, 1.82) is 0 Å². The van der Waals surface area contributed by atoms with Gasteiger partial charge in [0.05, 0.1) is 7.11 Å². The first-order valence-electron chi connectivity index (χ1n) is 12.7. The van der Waals surface area contributed by atoms with Crippen LogP contribution in [0.2, 0.25) is 0 Å². The molecule has 1 saturated heterocycles. The molecular weight excluding hydrogens is 432 g/mol. The van der Waals surface area contributed by atoms with Gasteiger partial charge in [-0.25, -0.2) is 0 Å². The summed E-state index contributed by atoms with van der Waals surface area (Å²) in [5.41, 5.74) is 4.67. The number of nitrogens with zero attached hydrogens (tertiary/aromatic N) is 2. The molecule has 4 rings (SSSR count). The number of methoxy groups -OCH3 is 1. The van der Waals surface area contributed by atoms with Crippen LogP contribution in [0.4, 0.5) is 0 Å². The molecule has 1 heterocycles. The topological polar surface area (TPSA) is 32.8 Å². The fraction of sp³-hybridized carbons (Fsp3) is 0.387. The molecule has 4 nitrogen and oxygen atoms in total. The maximum atomic E-state index is 13.5. The van der Waals surface area contributed by atoms with Gasteiger partial charge in [-0.3, -0.25) is 9.69 Å². The van der Waals surface area contributed by atoms with Crippen molar-refractivity contribution in [3.63, 3.8) is 0 Å². The number of rotatable bonds is 9. The van der Waals surface area contributed by atoms with Gasteiger partial charge in [-0.2, -0.15) is 0 Å². The molecule has 2 unspecified atom stereocenters. The van der Waals surface area contributed by atoms with Gasteiger partial charge in [0, 0.05) is 44.2 Å². The lowest BCUT2D eigenvalue weighted by molar-refractivity contribution is 0.0703. The van der Waals surface area contributed by atoms with Crippen LogP contribution in [-0.4, -0.2) is 49.0 Å². The average Bonchev–Trinajstić information content (AvgIpc) is 3.27. The van der Waals surface area contributed by atoms with Crippen LogP contribution in [0.1, 0.15) is 46.8 Å². The second-order valence-corrected chi connectivity index (χ2v) is 10.3. The van der Waals surface area contributed by atoms with E-state index in [0.29, 0.717) is 17.8 Å². The molecular formula is C31H38N2O2. The van der Waals surface area contributed by atoms with Crippen LogP contribution in [0, 0.1) is 18.8 Å². The van der Waals surface area contributed by atoms with Gasteiger partial charge in [0.15, 0.2) is 0 Å². The van der Waals surface area contributed by atoms with Gasteiger partial charge in [-0.15, -0.1) is 0 Å². The molecule has 0 radical (unpaired) electrons. The molecule has 3 aromatic carbocycles. The summed E-state index contributed by atoms with van der Waals surface area (Å²) in [4.78, 5) is 18.1. The molecule has 1 amide bonds. The molecule has 1 aliphatic heterocycles.